The third-order valence-corrected chi connectivity index (χ3v) is 6.28. The Labute approximate surface area is 181 Å². The number of benzene rings is 2. The molecule has 0 saturated heterocycles. The van der Waals surface area contributed by atoms with Crippen LogP contribution >= 0.6 is 0 Å². The van der Waals surface area contributed by atoms with Gasteiger partial charge < -0.3 is 19.9 Å². The summed E-state index contributed by atoms with van der Waals surface area (Å²) in [6.45, 7) is 0.000268. The number of carbonyl (C=O) groups excluding carboxylic acids is 1. The van der Waals surface area contributed by atoms with E-state index in [1.54, 1.807) is 24.3 Å². The van der Waals surface area contributed by atoms with Gasteiger partial charge in [-0.25, -0.2) is 13.1 Å². The summed E-state index contributed by atoms with van der Waals surface area (Å²) < 4.78 is 38.8. The molecular weight excluding hydrogens is 420 g/mol. The second-order valence-corrected chi connectivity index (χ2v) is 8.79. The lowest BCUT2D eigenvalue weighted by Crippen LogP contribution is -2.49. The van der Waals surface area contributed by atoms with Crippen molar-refractivity contribution in [3.63, 3.8) is 0 Å². The van der Waals surface area contributed by atoms with Crippen molar-refractivity contribution in [1.29, 1.82) is 0 Å². The van der Waals surface area contributed by atoms with Gasteiger partial charge in [0, 0.05) is 12.6 Å². The molecule has 2 aromatic carbocycles. The van der Waals surface area contributed by atoms with E-state index < -0.39 is 34.9 Å². The zero-order valence-electron chi connectivity index (χ0n) is 17.1. The minimum absolute atomic E-state index is 0.0411. The molecular formula is C22H26N2O6S. The van der Waals surface area contributed by atoms with Gasteiger partial charge in [0.2, 0.25) is 15.9 Å². The molecule has 0 unspecified atom stereocenters. The van der Waals surface area contributed by atoms with Crippen LogP contribution in [0.15, 0.2) is 71.6 Å². The Morgan fingerprint density at radius 3 is 2.61 bits per heavy atom. The minimum Gasteiger partial charge on any atom is -0.497 e. The lowest BCUT2D eigenvalue weighted by atomic mass is 10.1. The third-order valence-electron chi connectivity index (χ3n) is 4.82. The van der Waals surface area contributed by atoms with Crippen LogP contribution in [0, 0.1) is 0 Å². The highest BCUT2D eigenvalue weighted by Gasteiger charge is 2.31. The first-order chi connectivity index (χ1) is 14.9. The SMILES string of the molecule is COc1cccc(S(=O)(=O)N[C@@H]2C=C[C@@H](CC(=O)NCc3ccccc3)O[C@@H]2CO)c1. The Morgan fingerprint density at radius 1 is 1.13 bits per heavy atom. The molecule has 0 aromatic heterocycles. The van der Waals surface area contributed by atoms with Gasteiger partial charge >= 0.3 is 0 Å². The summed E-state index contributed by atoms with van der Waals surface area (Å²) in [7, 11) is -2.41. The van der Waals surface area contributed by atoms with E-state index in [4.69, 9.17) is 9.47 Å². The quantitative estimate of drug-likeness (QED) is 0.502. The highest BCUT2D eigenvalue weighted by molar-refractivity contribution is 7.89. The molecule has 0 bridgehead atoms. The fraction of sp³-hybridized carbons (Fsp3) is 0.318. The van der Waals surface area contributed by atoms with Crippen molar-refractivity contribution in [2.24, 2.45) is 0 Å². The maximum absolute atomic E-state index is 12.7. The first-order valence-electron chi connectivity index (χ1n) is 9.83. The Morgan fingerprint density at radius 2 is 1.90 bits per heavy atom. The molecule has 166 valence electrons. The minimum atomic E-state index is -3.87. The van der Waals surface area contributed by atoms with Gasteiger partial charge in [-0.15, -0.1) is 0 Å². The molecule has 1 amide bonds. The number of methoxy groups -OCH3 is 1. The van der Waals surface area contributed by atoms with E-state index in [0.717, 1.165) is 5.56 Å². The number of nitrogens with one attached hydrogen (secondary N) is 2. The fourth-order valence-corrected chi connectivity index (χ4v) is 4.43. The molecule has 3 rings (SSSR count). The first-order valence-corrected chi connectivity index (χ1v) is 11.3. The molecule has 8 nitrogen and oxygen atoms in total. The van der Waals surface area contributed by atoms with Gasteiger partial charge in [0.05, 0.1) is 37.2 Å². The monoisotopic (exact) mass is 446 g/mol. The zero-order valence-corrected chi connectivity index (χ0v) is 17.9. The molecule has 1 aliphatic heterocycles. The Bertz CT molecular complexity index is 1010. The number of hydrogen-bond donors (Lipinski definition) is 3. The lowest BCUT2D eigenvalue weighted by Gasteiger charge is -2.31. The van der Waals surface area contributed by atoms with E-state index in [2.05, 4.69) is 10.0 Å². The van der Waals surface area contributed by atoms with Gasteiger partial charge in [0.25, 0.3) is 0 Å². The topological polar surface area (TPSA) is 114 Å². The highest BCUT2D eigenvalue weighted by atomic mass is 32.2. The lowest BCUT2D eigenvalue weighted by molar-refractivity contribution is -0.125. The molecule has 1 heterocycles. The van der Waals surface area contributed by atoms with Crippen LogP contribution in [0.25, 0.3) is 0 Å². The second-order valence-electron chi connectivity index (χ2n) is 7.07. The predicted molar refractivity (Wildman–Crippen MR) is 115 cm³/mol. The first kappa shape index (κ1) is 23.0. The van der Waals surface area contributed by atoms with E-state index in [1.165, 1.54) is 19.2 Å². The van der Waals surface area contributed by atoms with Crippen LogP contribution in [0.1, 0.15) is 12.0 Å². The molecule has 0 radical (unpaired) electrons. The highest BCUT2D eigenvalue weighted by Crippen LogP contribution is 2.20. The maximum Gasteiger partial charge on any atom is 0.241 e. The van der Waals surface area contributed by atoms with Crippen LogP contribution < -0.4 is 14.8 Å². The van der Waals surface area contributed by atoms with Crippen LogP contribution in [0.2, 0.25) is 0 Å². The standard InChI is InChI=1S/C22H26N2O6S/c1-29-17-8-5-9-19(12-17)31(27,28)24-20-11-10-18(30-21(20)15-25)13-22(26)23-14-16-6-3-2-4-7-16/h2-12,18,20-21,24-25H,13-15H2,1H3,(H,23,26)/t18-,20+,21+/m0/s1. The zero-order chi connectivity index (χ0) is 22.3. The van der Waals surface area contributed by atoms with Crippen molar-refractivity contribution in [3.05, 3.63) is 72.3 Å². The molecule has 2 aromatic rings. The van der Waals surface area contributed by atoms with Crippen molar-refractivity contribution in [3.8, 4) is 5.75 Å². The number of rotatable bonds is 9. The molecule has 0 spiro atoms. The van der Waals surface area contributed by atoms with Gasteiger partial charge in [-0.05, 0) is 17.7 Å². The van der Waals surface area contributed by atoms with Crippen LogP contribution in [0.4, 0.5) is 0 Å². The fourth-order valence-electron chi connectivity index (χ4n) is 3.18. The molecule has 3 atom stereocenters. The maximum atomic E-state index is 12.7. The molecule has 9 heteroatoms. The Balaban J connectivity index is 1.60. The van der Waals surface area contributed by atoms with Crippen molar-refractivity contribution >= 4 is 15.9 Å². The number of aliphatic hydroxyl groups is 1. The molecule has 3 N–H and O–H groups in total. The van der Waals surface area contributed by atoms with E-state index >= 15 is 0 Å². The number of sulfonamides is 1. The average molecular weight is 447 g/mol. The summed E-state index contributed by atoms with van der Waals surface area (Å²) >= 11 is 0. The van der Waals surface area contributed by atoms with Gasteiger partial charge in [-0.3, -0.25) is 4.79 Å². The Hall–Kier alpha value is -2.72. The summed E-state index contributed by atoms with van der Waals surface area (Å²) in [5, 5.41) is 12.5. The van der Waals surface area contributed by atoms with Crippen molar-refractivity contribution < 1.29 is 27.8 Å². The van der Waals surface area contributed by atoms with E-state index in [9.17, 15) is 18.3 Å². The van der Waals surface area contributed by atoms with Crippen LogP contribution in [0.3, 0.4) is 0 Å². The number of amides is 1. The number of ether oxygens (including phenoxy) is 2. The summed E-state index contributed by atoms with van der Waals surface area (Å²) in [5.41, 5.74) is 0.983. The predicted octanol–water partition coefficient (Wildman–Crippen LogP) is 1.36. The third kappa shape index (κ3) is 6.38. The molecule has 0 saturated carbocycles. The summed E-state index contributed by atoms with van der Waals surface area (Å²) in [6.07, 6.45) is 1.92. The van der Waals surface area contributed by atoms with Gasteiger partial charge in [-0.2, -0.15) is 0 Å². The molecule has 0 fully saturated rings. The normalized spacial score (nSPS) is 20.9. The largest absolute Gasteiger partial charge is 0.497 e. The number of hydrogen-bond acceptors (Lipinski definition) is 6. The Kier molecular flexibility index (Phi) is 7.80. The van der Waals surface area contributed by atoms with E-state index in [1.807, 2.05) is 30.3 Å². The molecule has 31 heavy (non-hydrogen) atoms. The van der Waals surface area contributed by atoms with Crippen molar-refractivity contribution in [2.75, 3.05) is 13.7 Å². The molecule has 1 aliphatic rings. The summed E-state index contributed by atoms with van der Waals surface area (Å²) in [6, 6.07) is 14.8. The van der Waals surface area contributed by atoms with Crippen molar-refractivity contribution in [2.45, 2.75) is 36.1 Å². The molecule has 0 aliphatic carbocycles. The van der Waals surface area contributed by atoms with Crippen molar-refractivity contribution in [1.82, 2.24) is 10.0 Å². The van der Waals surface area contributed by atoms with Gasteiger partial charge in [0.15, 0.2) is 0 Å². The van der Waals surface area contributed by atoms with Crippen LogP contribution in [-0.4, -0.2) is 51.4 Å². The van der Waals surface area contributed by atoms with Crippen LogP contribution in [-0.2, 0) is 26.1 Å². The number of aliphatic hydroxyl groups excluding tert-OH is 1. The van der Waals surface area contributed by atoms with Gasteiger partial charge in [0.1, 0.15) is 11.9 Å². The second kappa shape index (κ2) is 10.5. The summed E-state index contributed by atoms with van der Waals surface area (Å²) in [5.74, 6) is 0.212. The average Bonchev–Trinajstić information content (AvgIpc) is 2.79. The summed E-state index contributed by atoms with van der Waals surface area (Å²) in [4.78, 5) is 12.3. The smallest absolute Gasteiger partial charge is 0.241 e. The number of carbonyl (C=O) groups is 1. The van der Waals surface area contributed by atoms with Gasteiger partial charge in [-0.1, -0.05) is 48.6 Å². The van der Waals surface area contributed by atoms with E-state index in [-0.39, 0.29) is 17.2 Å². The van der Waals surface area contributed by atoms with E-state index in [0.29, 0.717) is 12.3 Å². The van der Waals surface area contributed by atoms with Crippen LogP contribution in [0.5, 0.6) is 5.75 Å².